The van der Waals surface area contributed by atoms with Crippen LogP contribution in [0.25, 0.3) is 0 Å². The van der Waals surface area contributed by atoms with Gasteiger partial charge < -0.3 is 30.3 Å². The molecule has 61 valence electrons. The first-order valence-corrected chi connectivity index (χ1v) is 3.33. The average molecular weight is 181 g/mol. The van der Waals surface area contributed by atoms with Crippen molar-refractivity contribution in [1.82, 2.24) is 0 Å². The molecule has 0 aliphatic rings. The van der Waals surface area contributed by atoms with Gasteiger partial charge in [0.1, 0.15) is 0 Å². The van der Waals surface area contributed by atoms with Crippen LogP contribution in [-0.2, 0) is 18.6 Å². The molecule has 0 spiro atoms. The Hall–Kier alpha value is -0.716. The van der Waals surface area contributed by atoms with Crippen molar-refractivity contribution in [3.05, 3.63) is 60.7 Å². The Balaban J connectivity index is 0.000000167. The van der Waals surface area contributed by atoms with Crippen molar-refractivity contribution in [3.8, 4) is 0 Å². The Labute approximate surface area is 79.5 Å². The molecule has 0 amide bonds. The summed E-state index contributed by atoms with van der Waals surface area (Å²) in [6.07, 6.45) is 0. The topological polar surface area (TPSA) is 0 Å². The fourth-order valence-corrected chi connectivity index (χ4v) is 0.642. The second-order valence-corrected chi connectivity index (χ2v) is 1.92. The van der Waals surface area contributed by atoms with Crippen LogP contribution in [0.15, 0.2) is 60.7 Å². The summed E-state index contributed by atoms with van der Waals surface area (Å²) < 4.78 is 0. The maximum absolute atomic E-state index is 2.00. The van der Waals surface area contributed by atoms with Crippen molar-refractivity contribution in [2.24, 2.45) is 0 Å². The normalized spacial score (nSPS) is 7.27. The number of rotatable bonds is 0. The van der Waals surface area contributed by atoms with E-state index in [0.717, 1.165) is 0 Å². The summed E-state index contributed by atoms with van der Waals surface area (Å²) in [7, 11) is 0. The van der Waals surface area contributed by atoms with Crippen molar-refractivity contribution in [2.45, 2.75) is 0 Å². The fraction of sp³-hybridized carbons (Fsp3) is 0. The second kappa shape index (κ2) is 7.39. The monoisotopic (exact) mass is 181 g/mol. The van der Waals surface area contributed by atoms with Gasteiger partial charge in [-0.25, -0.2) is 12.1 Å². The summed E-state index contributed by atoms with van der Waals surface area (Å²) in [5, 5.41) is 0. The smallest absolute Gasteiger partial charge is 0 e. The minimum atomic E-state index is 0. The predicted octanol–water partition coefficient (Wildman–Crippen LogP) is 2.81. The molecule has 0 fully saturated rings. The quantitative estimate of drug-likeness (QED) is 0.548. The van der Waals surface area contributed by atoms with Crippen LogP contribution in [0.2, 0.25) is 0 Å². The first kappa shape index (κ1) is 10.3. The van der Waals surface area contributed by atoms with Crippen molar-refractivity contribution in [1.29, 1.82) is 0 Å². The Morgan fingerprint density at radius 1 is 0.636 bits per heavy atom. The summed E-state index contributed by atoms with van der Waals surface area (Å²) in [5.41, 5.74) is 0. The Morgan fingerprint density at radius 3 is 1.18 bits per heavy atom. The Morgan fingerprint density at radius 2 is 1.00 bits per heavy atom. The SMILES string of the molecule is [V].[cH-]1[cH-][cH-][cH-][cH-]1.c1cc[cH-]c1. The Kier molecular flexibility index (Phi) is 6.91. The number of hydrogen-bond acceptors (Lipinski definition) is 0. The minimum absolute atomic E-state index is 0. The van der Waals surface area contributed by atoms with Gasteiger partial charge in [0.2, 0.25) is 0 Å². The van der Waals surface area contributed by atoms with Crippen LogP contribution in [0.4, 0.5) is 0 Å². The molecule has 0 bridgehead atoms. The zero-order valence-corrected chi connectivity index (χ0v) is 7.62. The van der Waals surface area contributed by atoms with Gasteiger partial charge in [0.15, 0.2) is 0 Å². The molecule has 0 aliphatic carbocycles. The summed E-state index contributed by atoms with van der Waals surface area (Å²) >= 11 is 0. The van der Waals surface area contributed by atoms with Crippen LogP contribution >= 0.6 is 0 Å². The Bertz CT molecular complexity index is 144. The van der Waals surface area contributed by atoms with Crippen molar-refractivity contribution >= 4 is 0 Å². The molecule has 0 aromatic heterocycles. The average Bonchev–Trinajstić information content (AvgIpc) is 2.67. The molecule has 0 nitrogen and oxygen atoms in total. The molecule has 11 heavy (non-hydrogen) atoms. The van der Waals surface area contributed by atoms with Gasteiger partial charge in [0.05, 0.1) is 0 Å². The first-order valence-electron chi connectivity index (χ1n) is 3.33. The van der Waals surface area contributed by atoms with E-state index < -0.39 is 0 Å². The van der Waals surface area contributed by atoms with Gasteiger partial charge in [0, 0.05) is 18.6 Å². The molecule has 1 heteroatoms. The molecular formula is C10H10V-6. The number of hydrogen-bond donors (Lipinski definition) is 0. The van der Waals surface area contributed by atoms with Gasteiger partial charge in [-0.2, -0.15) is 18.2 Å². The third kappa shape index (κ3) is 5.72. The van der Waals surface area contributed by atoms with E-state index in [9.17, 15) is 0 Å². The summed E-state index contributed by atoms with van der Waals surface area (Å²) in [4.78, 5) is 0. The zero-order valence-electron chi connectivity index (χ0n) is 6.22. The molecule has 2 aromatic rings. The second-order valence-electron chi connectivity index (χ2n) is 1.92. The fourth-order valence-electron chi connectivity index (χ4n) is 0.642. The minimum Gasteiger partial charge on any atom is -0.748 e. The standard InChI is InChI=1S/2C5H5.V/c2*1-2-4-5-3-1;/h2*1-5H;/q-5;-1;. The molecule has 0 saturated heterocycles. The maximum atomic E-state index is 2.00. The molecule has 2 aromatic carbocycles. The van der Waals surface area contributed by atoms with Gasteiger partial charge in [0.25, 0.3) is 0 Å². The van der Waals surface area contributed by atoms with E-state index in [2.05, 4.69) is 0 Å². The van der Waals surface area contributed by atoms with E-state index in [1.807, 2.05) is 60.7 Å². The third-order valence-electron chi connectivity index (χ3n) is 1.11. The van der Waals surface area contributed by atoms with Gasteiger partial charge >= 0.3 is 0 Å². The molecule has 0 unspecified atom stereocenters. The van der Waals surface area contributed by atoms with Crippen LogP contribution < -0.4 is 0 Å². The summed E-state index contributed by atoms with van der Waals surface area (Å²) in [6.45, 7) is 0. The molecular weight excluding hydrogens is 171 g/mol. The molecule has 0 atom stereocenters. The van der Waals surface area contributed by atoms with E-state index in [1.54, 1.807) is 0 Å². The van der Waals surface area contributed by atoms with E-state index >= 15 is 0 Å². The van der Waals surface area contributed by atoms with E-state index in [1.165, 1.54) is 0 Å². The van der Waals surface area contributed by atoms with Crippen LogP contribution in [0.1, 0.15) is 0 Å². The van der Waals surface area contributed by atoms with E-state index in [4.69, 9.17) is 0 Å². The van der Waals surface area contributed by atoms with Crippen LogP contribution in [0, 0.1) is 0 Å². The van der Waals surface area contributed by atoms with E-state index in [0.29, 0.717) is 0 Å². The molecule has 1 radical (unpaired) electrons. The van der Waals surface area contributed by atoms with Crippen molar-refractivity contribution in [2.75, 3.05) is 0 Å². The van der Waals surface area contributed by atoms with Crippen LogP contribution in [0.3, 0.4) is 0 Å². The first-order chi connectivity index (χ1) is 5.00. The summed E-state index contributed by atoms with van der Waals surface area (Å²) in [5.74, 6) is 0. The van der Waals surface area contributed by atoms with Crippen LogP contribution in [0.5, 0.6) is 0 Å². The molecule has 0 heterocycles. The molecule has 2 rings (SSSR count). The predicted molar refractivity (Wildman–Crippen MR) is 44.1 cm³/mol. The van der Waals surface area contributed by atoms with Gasteiger partial charge in [-0.1, -0.05) is 0 Å². The molecule has 0 aliphatic heterocycles. The molecule has 0 N–H and O–H groups in total. The third-order valence-corrected chi connectivity index (χ3v) is 1.11. The maximum Gasteiger partial charge on any atom is 0 e. The van der Waals surface area contributed by atoms with Gasteiger partial charge in [-0.3, -0.25) is 0 Å². The van der Waals surface area contributed by atoms with Gasteiger partial charge in [-0.05, 0) is 0 Å². The van der Waals surface area contributed by atoms with E-state index in [-0.39, 0.29) is 18.6 Å². The largest absolute Gasteiger partial charge is 0.748 e. The van der Waals surface area contributed by atoms with Gasteiger partial charge in [-0.15, -0.1) is 0 Å². The van der Waals surface area contributed by atoms with Crippen LogP contribution in [-0.4, -0.2) is 0 Å². The zero-order chi connectivity index (χ0) is 7.07. The van der Waals surface area contributed by atoms with Crippen molar-refractivity contribution < 1.29 is 18.6 Å². The van der Waals surface area contributed by atoms with Crippen molar-refractivity contribution in [3.63, 3.8) is 0 Å². The summed E-state index contributed by atoms with van der Waals surface area (Å²) in [6, 6.07) is 20.0. The molecule has 0 saturated carbocycles.